The summed E-state index contributed by atoms with van der Waals surface area (Å²) in [5.41, 5.74) is 0. The summed E-state index contributed by atoms with van der Waals surface area (Å²) in [5.74, 6) is 0. The van der Waals surface area contributed by atoms with Gasteiger partial charge in [0.2, 0.25) is 0 Å². The van der Waals surface area contributed by atoms with Crippen LogP contribution in [0.1, 0.15) is 84.0 Å². The van der Waals surface area contributed by atoms with Gasteiger partial charge in [-0.1, -0.05) is 77.6 Å². The molecular weight excluding hydrogens is 276 g/mol. The second-order valence-corrected chi connectivity index (χ2v) is 4.61. The number of aliphatic hydroxyl groups is 1. The van der Waals surface area contributed by atoms with Crippen molar-refractivity contribution in [2.24, 2.45) is 0 Å². The zero-order valence-electron chi connectivity index (χ0n) is 10.6. The van der Waals surface area contributed by atoms with Crippen LogP contribution in [0.4, 0.5) is 0 Å². The van der Waals surface area contributed by atoms with E-state index in [1.807, 2.05) is 0 Å². The molecule has 0 aliphatic rings. The molecule has 0 amide bonds. The van der Waals surface area contributed by atoms with Gasteiger partial charge in [-0.25, -0.2) is 0 Å². The fourth-order valence-corrected chi connectivity index (χ4v) is 1.95. The Bertz CT molecular complexity index is 104. The minimum absolute atomic E-state index is 0. The summed E-state index contributed by atoms with van der Waals surface area (Å²) in [4.78, 5) is 0. The summed E-state index contributed by atoms with van der Waals surface area (Å²) >= 11 is 0. The van der Waals surface area contributed by atoms with Crippen molar-refractivity contribution in [3.8, 4) is 0 Å². The molecule has 0 aromatic heterocycles. The summed E-state index contributed by atoms with van der Waals surface area (Å²) < 4.78 is 0. The van der Waals surface area contributed by atoms with Crippen LogP contribution in [0, 0.1) is 0 Å². The Kier molecular flexibility index (Phi) is 60.6. The van der Waals surface area contributed by atoms with Crippen molar-refractivity contribution in [3.05, 3.63) is 0 Å². The maximum atomic E-state index is 8.61. The summed E-state index contributed by atoms with van der Waals surface area (Å²) in [5, 5.41) is 8.61. The third kappa shape index (κ3) is 34.3. The first kappa shape index (κ1) is 34.3. The molecule has 0 aliphatic carbocycles. The van der Waals surface area contributed by atoms with Gasteiger partial charge in [0.25, 0.3) is 0 Å². The fourth-order valence-electron chi connectivity index (χ4n) is 1.95. The molecular formula is C14H34Na4O. The molecule has 0 saturated heterocycles. The van der Waals surface area contributed by atoms with Crippen molar-refractivity contribution in [3.63, 3.8) is 0 Å². The molecule has 0 aliphatic heterocycles. The van der Waals surface area contributed by atoms with Crippen LogP contribution in [0.3, 0.4) is 0 Å². The first-order valence-corrected chi connectivity index (χ1v) is 7.02. The van der Waals surface area contributed by atoms with Crippen LogP contribution < -0.4 is 0 Å². The van der Waals surface area contributed by atoms with Crippen LogP contribution in [0.5, 0.6) is 0 Å². The first-order valence-electron chi connectivity index (χ1n) is 7.02. The monoisotopic (exact) mass is 310 g/mol. The van der Waals surface area contributed by atoms with E-state index in [0.29, 0.717) is 6.61 Å². The second kappa shape index (κ2) is 33.5. The molecule has 0 bridgehead atoms. The van der Waals surface area contributed by atoms with E-state index in [1.165, 1.54) is 70.6 Å². The standard InChI is InChI=1S/C14H30O.4Na.4H/c1-2-3-4-5-6-7-8-9-10-11-12-13-14-15;;;;;;;;/h15H,2-14H2,1H3;;;;;;;;. The quantitative estimate of drug-likeness (QED) is 0.432. The number of unbranched alkanes of at least 4 members (excludes halogenated alkanes) is 11. The van der Waals surface area contributed by atoms with Crippen LogP contribution >= 0.6 is 0 Å². The molecule has 0 atom stereocenters. The molecule has 1 nitrogen and oxygen atoms in total. The molecule has 0 rings (SSSR count). The van der Waals surface area contributed by atoms with Gasteiger partial charge in [-0.15, -0.1) is 0 Å². The Morgan fingerprint density at radius 3 is 1.00 bits per heavy atom. The second-order valence-electron chi connectivity index (χ2n) is 4.61. The van der Waals surface area contributed by atoms with Gasteiger partial charge >= 0.3 is 118 Å². The summed E-state index contributed by atoms with van der Waals surface area (Å²) in [7, 11) is 0. The minimum atomic E-state index is 0. The Balaban J connectivity index is -0.000000163. The molecule has 0 heterocycles. The van der Waals surface area contributed by atoms with Crippen molar-refractivity contribution >= 4 is 118 Å². The van der Waals surface area contributed by atoms with Gasteiger partial charge in [-0.05, 0) is 6.42 Å². The average Bonchev–Trinajstić information content (AvgIpc) is 2.26. The van der Waals surface area contributed by atoms with Gasteiger partial charge in [0.05, 0.1) is 0 Å². The number of aliphatic hydroxyl groups excluding tert-OH is 1. The first-order chi connectivity index (χ1) is 7.41. The topological polar surface area (TPSA) is 20.2 Å². The SMILES string of the molecule is CCCCCCCCCCCCCCO.[NaH].[NaH].[NaH].[NaH]. The van der Waals surface area contributed by atoms with Gasteiger partial charge in [0.1, 0.15) is 0 Å². The van der Waals surface area contributed by atoms with Crippen molar-refractivity contribution in [1.82, 2.24) is 0 Å². The Morgan fingerprint density at radius 1 is 0.474 bits per heavy atom. The molecule has 0 aromatic rings. The van der Waals surface area contributed by atoms with Crippen molar-refractivity contribution in [1.29, 1.82) is 0 Å². The normalized spacial score (nSPS) is 8.53. The molecule has 0 fully saturated rings. The Hall–Kier alpha value is 3.96. The van der Waals surface area contributed by atoms with Gasteiger partial charge < -0.3 is 5.11 Å². The van der Waals surface area contributed by atoms with E-state index >= 15 is 0 Å². The van der Waals surface area contributed by atoms with Crippen LogP contribution in [-0.4, -0.2) is 130 Å². The van der Waals surface area contributed by atoms with Gasteiger partial charge in [-0.2, -0.15) is 0 Å². The van der Waals surface area contributed by atoms with Crippen molar-refractivity contribution < 1.29 is 5.11 Å². The van der Waals surface area contributed by atoms with Gasteiger partial charge in [0.15, 0.2) is 0 Å². The third-order valence-electron chi connectivity index (χ3n) is 3.01. The molecule has 0 unspecified atom stereocenters. The van der Waals surface area contributed by atoms with Crippen molar-refractivity contribution in [2.75, 3.05) is 6.61 Å². The molecule has 0 radical (unpaired) electrons. The van der Waals surface area contributed by atoms with Crippen LogP contribution in [0.15, 0.2) is 0 Å². The van der Waals surface area contributed by atoms with Gasteiger partial charge in [0, 0.05) is 6.61 Å². The maximum absolute atomic E-state index is 8.61. The summed E-state index contributed by atoms with van der Waals surface area (Å²) in [6, 6.07) is 0. The number of rotatable bonds is 12. The van der Waals surface area contributed by atoms with E-state index in [4.69, 9.17) is 5.11 Å². The van der Waals surface area contributed by atoms with E-state index in [2.05, 4.69) is 6.92 Å². The third-order valence-corrected chi connectivity index (χ3v) is 3.01. The zero-order chi connectivity index (χ0) is 11.2. The van der Waals surface area contributed by atoms with Gasteiger partial charge in [-0.3, -0.25) is 0 Å². The Morgan fingerprint density at radius 2 is 0.737 bits per heavy atom. The molecule has 0 aromatic carbocycles. The van der Waals surface area contributed by atoms with Crippen molar-refractivity contribution in [2.45, 2.75) is 84.0 Å². The summed E-state index contributed by atoms with van der Waals surface area (Å²) in [6.45, 7) is 2.64. The van der Waals surface area contributed by atoms with E-state index < -0.39 is 0 Å². The predicted octanol–water partition coefficient (Wildman–Crippen LogP) is 2.09. The fraction of sp³-hybridized carbons (Fsp3) is 1.00. The molecule has 0 saturated carbocycles. The van der Waals surface area contributed by atoms with E-state index in [0.717, 1.165) is 6.42 Å². The van der Waals surface area contributed by atoms with E-state index in [1.54, 1.807) is 0 Å². The summed E-state index contributed by atoms with van der Waals surface area (Å²) in [6.07, 6.45) is 16.2. The molecule has 5 heteroatoms. The van der Waals surface area contributed by atoms with Crippen LogP contribution in [0.2, 0.25) is 0 Å². The van der Waals surface area contributed by atoms with E-state index in [-0.39, 0.29) is 118 Å². The molecule has 19 heavy (non-hydrogen) atoms. The van der Waals surface area contributed by atoms with Crippen LogP contribution in [0.25, 0.3) is 0 Å². The van der Waals surface area contributed by atoms with E-state index in [9.17, 15) is 0 Å². The average molecular weight is 310 g/mol. The predicted molar refractivity (Wildman–Crippen MR) is 96.8 cm³/mol. The molecule has 1 N–H and O–H groups in total. The molecule has 100 valence electrons. The Labute approximate surface area is 210 Å². The zero-order valence-corrected chi connectivity index (χ0v) is 10.6. The molecule has 0 spiro atoms. The van der Waals surface area contributed by atoms with Crippen LogP contribution in [-0.2, 0) is 0 Å². The number of hydrogen-bond donors (Lipinski definition) is 1. The number of hydrogen-bond acceptors (Lipinski definition) is 1.